The number of thioether (sulfide) groups is 1. The first-order valence-electron chi connectivity index (χ1n) is 3.76. The van der Waals surface area contributed by atoms with Gasteiger partial charge in [0.2, 0.25) is 0 Å². The highest BCUT2D eigenvalue weighted by Gasteiger charge is 2.29. The molecule has 1 nitrogen and oxygen atoms in total. The fourth-order valence-electron chi connectivity index (χ4n) is 1.07. The summed E-state index contributed by atoms with van der Waals surface area (Å²) in [5.41, 5.74) is -3.64. The first kappa shape index (κ1) is 11.0. The number of rotatable bonds is 1. The lowest BCUT2D eigenvalue weighted by atomic mass is 10.3. The fourth-order valence-corrected chi connectivity index (χ4v) is 2.80. The van der Waals surface area contributed by atoms with E-state index in [4.69, 9.17) is 11.6 Å². The summed E-state index contributed by atoms with van der Waals surface area (Å²) >= 11 is 6.67. The van der Waals surface area contributed by atoms with E-state index in [2.05, 4.69) is 4.98 Å². The van der Waals surface area contributed by atoms with Gasteiger partial charge in [0.05, 0.1) is 10.2 Å². The van der Waals surface area contributed by atoms with Gasteiger partial charge in [-0.3, -0.25) is 0 Å². The summed E-state index contributed by atoms with van der Waals surface area (Å²) in [6.45, 7) is 0. The Bertz CT molecular complexity index is 494. The van der Waals surface area contributed by atoms with Crippen LogP contribution in [0.5, 0.6) is 0 Å². The molecular formula is C8H3ClF3NS2. The minimum atomic E-state index is -4.26. The summed E-state index contributed by atoms with van der Waals surface area (Å²) in [5, 5.41) is 0. The highest BCUT2D eigenvalue weighted by Crippen LogP contribution is 2.38. The van der Waals surface area contributed by atoms with Crippen LogP contribution in [0, 0.1) is 0 Å². The molecule has 0 atom stereocenters. The van der Waals surface area contributed by atoms with Crippen LogP contribution in [0.15, 0.2) is 23.1 Å². The van der Waals surface area contributed by atoms with Crippen LogP contribution in [-0.4, -0.2) is 10.5 Å². The van der Waals surface area contributed by atoms with Gasteiger partial charge in [0.25, 0.3) is 0 Å². The molecule has 0 spiro atoms. The summed E-state index contributed by atoms with van der Waals surface area (Å²) in [7, 11) is 0. The van der Waals surface area contributed by atoms with Gasteiger partial charge in [0.1, 0.15) is 0 Å². The molecule has 0 fully saturated rings. The summed E-state index contributed by atoms with van der Waals surface area (Å²) in [5.74, 6) is 0. The number of halogens is 4. The van der Waals surface area contributed by atoms with E-state index in [1.165, 1.54) is 29.5 Å². The van der Waals surface area contributed by atoms with Crippen LogP contribution in [-0.2, 0) is 0 Å². The summed E-state index contributed by atoms with van der Waals surface area (Å²) < 4.78 is 37.2. The van der Waals surface area contributed by atoms with E-state index >= 15 is 0 Å². The Morgan fingerprint density at radius 1 is 1.33 bits per heavy atom. The van der Waals surface area contributed by atoms with E-state index in [9.17, 15) is 13.2 Å². The smallest absolute Gasteiger partial charge is 0.225 e. The zero-order chi connectivity index (χ0) is 11.1. The van der Waals surface area contributed by atoms with Crippen molar-refractivity contribution < 1.29 is 13.2 Å². The van der Waals surface area contributed by atoms with Gasteiger partial charge in [-0.05, 0) is 30.0 Å². The molecule has 1 aromatic heterocycles. The minimum Gasteiger partial charge on any atom is -0.225 e. The first-order valence-corrected chi connectivity index (χ1v) is 5.77. The third kappa shape index (κ3) is 2.76. The third-order valence-corrected chi connectivity index (χ3v) is 3.41. The number of fused-ring (bicyclic) bond motifs is 1. The second kappa shape index (κ2) is 3.84. The van der Waals surface area contributed by atoms with Crippen molar-refractivity contribution in [1.29, 1.82) is 0 Å². The Labute approximate surface area is 96.3 Å². The zero-order valence-electron chi connectivity index (χ0n) is 7.01. The average molecular weight is 270 g/mol. The molecule has 0 amide bonds. The van der Waals surface area contributed by atoms with Gasteiger partial charge in [-0.2, -0.15) is 13.2 Å². The molecule has 0 bridgehead atoms. The summed E-state index contributed by atoms with van der Waals surface area (Å²) in [4.78, 5) is 4.09. The Kier molecular flexibility index (Phi) is 2.83. The molecule has 0 N–H and O–H groups in total. The van der Waals surface area contributed by atoms with Crippen molar-refractivity contribution in [3.05, 3.63) is 22.7 Å². The minimum absolute atomic E-state index is 0.139. The monoisotopic (exact) mass is 269 g/mol. The molecule has 15 heavy (non-hydrogen) atoms. The SMILES string of the molecule is FC(F)(F)Sc1ccc2nc(Cl)sc2c1. The molecule has 0 aliphatic carbocycles. The topological polar surface area (TPSA) is 12.9 Å². The summed E-state index contributed by atoms with van der Waals surface area (Å²) in [6, 6.07) is 4.36. The summed E-state index contributed by atoms with van der Waals surface area (Å²) in [6.07, 6.45) is 0. The molecule has 7 heteroatoms. The van der Waals surface area contributed by atoms with E-state index in [1.807, 2.05) is 0 Å². The number of thiazole rings is 1. The van der Waals surface area contributed by atoms with E-state index in [0.717, 1.165) is 0 Å². The van der Waals surface area contributed by atoms with Crippen LogP contribution >= 0.6 is 34.7 Å². The molecule has 0 aliphatic rings. The number of hydrogen-bond acceptors (Lipinski definition) is 3. The Balaban J connectivity index is 2.38. The maximum Gasteiger partial charge on any atom is 0.446 e. The first-order chi connectivity index (χ1) is 6.94. The van der Waals surface area contributed by atoms with Gasteiger partial charge in [-0.25, -0.2) is 4.98 Å². The van der Waals surface area contributed by atoms with Crippen molar-refractivity contribution in [2.24, 2.45) is 0 Å². The van der Waals surface area contributed by atoms with Crippen LogP contribution in [0.1, 0.15) is 0 Å². The maximum atomic E-state index is 12.1. The molecule has 0 saturated carbocycles. The van der Waals surface area contributed by atoms with Gasteiger partial charge < -0.3 is 0 Å². The molecule has 2 rings (SSSR count). The highest BCUT2D eigenvalue weighted by atomic mass is 35.5. The molecule has 0 unspecified atom stereocenters. The molecule has 0 aliphatic heterocycles. The molecule has 1 aromatic carbocycles. The van der Waals surface area contributed by atoms with Crippen molar-refractivity contribution in [3.8, 4) is 0 Å². The van der Waals surface area contributed by atoms with Crippen molar-refractivity contribution >= 4 is 44.9 Å². The molecule has 1 heterocycles. The van der Waals surface area contributed by atoms with Crippen LogP contribution < -0.4 is 0 Å². The second-order valence-corrected chi connectivity index (χ2v) is 5.40. The van der Waals surface area contributed by atoms with Gasteiger partial charge >= 0.3 is 5.51 Å². The van der Waals surface area contributed by atoms with Gasteiger partial charge in [-0.15, -0.1) is 11.3 Å². The largest absolute Gasteiger partial charge is 0.446 e. The van der Waals surface area contributed by atoms with Gasteiger partial charge in [-0.1, -0.05) is 11.6 Å². The number of benzene rings is 1. The molecule has 2 aromatic rings. The lowest BCUT2D eigenvalue weighted by molar-refractivity contribution is -0.0328. The Hall–Kier alpha value is -0.460. The van der Waals surface area contributed by atoms with Crippen LogP contribution in [0.3, 0.4) is 0 Å². The standard InChI is InChI=1S/C8H3ClF3NS2/c9-7-13-5-2-1-4(3-6(5)14-7)15-8(10,11)12/h1-3H. The van der Waals surface area contributed by atoms with E-state index in [-0.39, 0.29) is 16.7 Å². The third-order valence-electron chi connectivity index (χ3n) is 1.57. The Morgan fingerprint density at radius 3 is 2.73 bits per heavy atom. The van der Waals surface area contributed by atoms with Gasteiger partial charge in [0.15, 0.2) is 4.47 Å². The van der Waals surface area contributed by atoms with Crippen molar-refractivity contribution in [2.75, 3.05) is 0 Å². The van der Waals surface area contributed by atoms with Crippen LogP contribution in [0.2, 0.25) is 4.47 Å². The zero-order valence-corrected chi connectivity index (χ0v) is 9.40. The quantitative estimate of drug-likeness (QED) is 0.704. The molecule has 0 radical (unpaired) electrons. The van der Waals surface area contributed by atoms with Crippen molar-refractivity contribution in [1.82, 2.24) is 4.98 Å². The van der Waals surface area contributed by atoms with Crippen molar-refractivity contribution in [3.63, 3.8) is 0 Å². The predicted octanol–water partition coefficient (Wildman–Crippen LogP) is 4.56. The number of aromatic nitrogens is 1. The Morgan fingerprint density at radius 2 is 2.07 bits per heavy atom. The van der Waals surface area contributed by atoms with Crippen LogP contribution in [0.25, 0.3) is 10.2 Å². The number of nitrogens with zero attached hydrogens (tertiary/aromatic N) is 1. The normalized spacial score (nSPS) is 12.3. The molecule has 80 valence electrons. The van der Waals surface area contributed by atoms with Crippen molar-refractivity contribution in [2.45, 2.75) is 10.4 Å². The fraction of sp³-hybridized carbons (Fsp3) is 0.125. The predicted molar refractivity (Wildman–Crippen MR) is 56.5 cm³/mol. The lowest BCUT2D eigenvalue weighted by Gasteiger charge is -2.04. The van der Waals surface area contributed by atoms with Crippen LogP contribution in [0.4, 0.5) is 13.2 Å². The molecular weight excluding hydrogens is 267 g/mol. The second-order valence-electron chi connectivity index (χ2n) is 2.64. The number of hydrogen-bond donors (Lipinski definition) is 0. The van der Waals surface area contributed by atoms with Gasteiger partial charge in [0, 0.05) is 4.90 Å². The van der Waals surface area contributed by atoms with E-state index < -0.39 is 5.51 Å². The maximum absolute atomic E-state index is 12.1. The van der Waals surface area contributed by atoms with E-state index in [0.29, 0.717) is 14.7 Å². The van der Waals surface area contributed by atoms with E-state index in [1.54, 1.807) is 0 Å². The highest BCUT2D eigenvalue weighted by molar-refractivity contribution is 8.00. The molecule has 0 saturated heterocycles. The number of alkyl halides is 3. The lowest BCUT2D eigenvalue weighted by Crippen LogP contribution is -1.98. The average Bonchev–Trinajstić information content (AvgIpc) is 2.40.